The maximum absolute atomic E-state index is 12.1. The van der Waals surface area contributed by atoms with Gasteiger partial charge in [-0.3, -0.25) is 4.79 Å². The highest BCUT2D eigenvalue weighted by atomic mass is 16.2. The van der Waals surface area contributed by atoms with Crippen LogP contribution in [0.2, 0.25) is 0 Å². The lowest BCUT2D eigenvalue weighted by Crippen LogP contribution is -2.45. The Kier molecular flexibility index (Phi) is 5.92. The van der Waals surface area contributed by atoms with Gasteiger partial charge in [0, 0.05) is 19.1 Å². The van der Waals surface area contributed by atoms with E-state index in [-0.39, 0.29) is 5.91 Å². The number of carbonyl (C=O) groups excluding carboxylic acids is 1. The zero-order valence-corrected chi connectivity index (χ0v) is 11.7. The van der Waals surface area contributed by atoms with Crippen LogP contribution in [0.15, 0.2) is 0 Å². The predicted molar refractivity (Wildman–Crippen MR) is 71.0 cm³/mol. The maximum atomic E-state index is 12.1. The molecular formula is C13H27N3O. The molecule has 1 rings (SSSR count). The summed E-state index contributed by atoms with van der Waals surface area (Å²) >= 11 is 0. The monoisotopic (exact) mass is 241 g/mol. The van der Waals surface area contributed by atoms with Crippen LogP contribution in [0, 0.1) is 5.92 Å². The van der Waals surface area contributed by atoms with Gasteiger partial charge in [-0.2, -0.15) is 0 Å². The lowest BCUT2D eigenvalue weighted by molar-refractivity contribution is -0.132. The number of carbonyl (C=O) groups is 1. The Labute approximate surface area is 105 Å². The van der Waals surface area contributed by atoms with E-state index in [0.29, 0.717) is 18.5 Å². The lowest BCUT2D eigenvalue weighted by atomic mass is 10.1. The zero-order chi connectivity index (χ0) is 12.8. The highest BCUT2D eigenvalue weighted by molar-refractivity contribution is 5.78. The number of amides is 1. The van der Waals surface area contributed by atoms with Gasteiger partial charge in [-0.1, -0.05) is 13.8 Å². The number of rotatable bonds is 6. The summed E-state index contributed by atoms with van der Waals surface area (Å²) in [5, 5.41) is 3.46. The first-order chi connectivity index (χ1) is 7.99. The van der Waals surface area contributed by atoms with Crippen LogP contribution in [0.1, 0.15) is 26.7 Å². The molecule has 0 aliphatic carbocycles. The van der Waals surface area contributed by atoms with Gasteiger partial charge in [0.05, 0.1) is 6.54 Å². The molecule has 0 spiro atoms. The van der Waals surface area contributed by atoms with Crippen LogP contribution in [0.3, 0.4) is 0 Å². The van der Waals surface area contributed by atoms with Crippen LogP contribution in [0.5, 0.6) is 0 Å². The van der Waals surface area contributed by atoms with Crippen LogP contribution in [0.25, 0.3) is 0 Å². The largest absolute Gasteiger partial charge is 0.340 e. The van der Waals surface area contributed by atoms with Crippen molar-refractivity contribution in [2.24, 2.45) is 5.92 Å². The number of nitrogens with one attached hydrogen (secondary N) is 1. The van der Waals surface area contributed by atoms with Crippen LogP contribution < -0.4 is 5.32 Å². The number of hydrogen-bond acceptors (Lipinski definition) is 3. The molecule has 4 nitrogen and oxygen atoms in total. The van der Waals surface area contributed by atoms with Crippen LogP contribution >= 0.6 is 0 Å². The first-order valence-electron chi connectivity index (χ1n) is 6.65. The quantitative estimate of drug-likeness (QED) is 0.746. The first kappa shape index (κ1) is 14.5. The van der Waals surface area contributed by atoms with Crippen LogP contribution in [-0.4, -0.2) is 62.0 Å². The summed E-state index contributed by atoms with van der Waals surface area (Å²) in [6.07, 6.45) is 2.44. The molecule has 100 valence electrons. The average Bonchev–Trinajstić information content (AvgIpc) is 2.67. The molecule has 1 N–H and O–H groups in total. The molecule has 1 atom stereocenters. The minimum Gasteiger partial charge on any atom is -0.340 e. The smallest absolute Gasteiger partial charge is 0.236 e. The predicted octanol–water partition coefficient (Wildman–Crippen LogP) is 0.785. The fourth-order valence-corrected chi connectivity index (χ4v) is 2.27. The molecule has 1 amide bonds. The molecule has 1 aliphatic heterocycles. The average molecular weight is 241 g/mol. The van der Waals surface area contributed by atoms with Crippen LogP contribution in [-0.2, 0) is 4.79 Å². The van der Waals surface area contributed by atoms with Gasteiger partial charge < -0.3 is 15.1 Å². The van der Waals surface area contributed by atoms with E-state index in [1.165, 1.54) is 12.8 Å². The normalized spacial score (nSPS) is 20.2. The van der Waals surface area contributed by atoms with Gasteiger partial charge in [0.15, 0.2) is 0 Å². The second-order valence-electron chi connectivity index (χ2n) is 5.72. The Hall–Kier alpha value is -0.610. The molecule has 1 saturated heterocycles. The Morgan fingerprint density at radius 2 is 2.12 bits per heavy atom. The molecule has 0 aromatic heterocycles. The van der Waals surface area contributed by atoms with E-state index >= 15 is 0 Å². The highest BCUT2D eigenvalue weighted by Crippen LogP contribution is 2.09. The van der Waals surface area contributed by atoms with Crippen molar-refractivity contribution in [2.75, 3.05) is 40.3 Å². The summed E-state index contributed by atoms with van der Waals surface area (Å²) in [5.41, 5.74) is 0. The minimum atomic E-state index is 0.248. The molecule has 1 fully saturated rings. The Balaban J connectivity index is 2.49. The van der Waals surface area contributed by atoms with E-state index in [2.05, 4.69) is 19.2 Å². The van der Waals surface area contributed by atoms with Gasteiger partial charge >= 0.3 is 0 Å². The van der Waals surface area contributed by atoms with E-state index < -0.39 is 0 Å². The number of likely N-dealkylation sites (N-methyl/N-ethyl adjacent to an activating group) is 1. The third-order valence-electron chi connectivity index (χ3n) is 2.99. The molecule has 0 aromatic rings. The van der Waals surface area contributed by atoms with Gasteiger partial charge in [-0.25, -0.2) is 0 Å². The van der Waals surface area contributed by atoms with Crippen molar-refractivity contribution >= 4 is 5.91 Å². The number of nitrogens with zero attached hydrogens (tertiary/aromatic N) is 2. The summed E-state index contributed by atoms with van der Waals surface area (Å²) in [4.78, 5) is 16.1. The summed E-state index contributed by atoms with van der Waals surface area (Å²) in [6.45, 7) is 7.67. The molecule has 17 heavy (non-hydrogen) atoms. The summed E-state index contributed by atoms with van der Waals surface area (Å²) < 4.78 is 0. The van der Waals surface area contributed by atoms with Gasteiger partial charge in [0.2, 0.25) is 5.91 Å². The number of hydrogen-bond donors (Lipinski definition) is 1. The van der Waals surface area contributed by atoms with E-state index in [1.54, 1.807) is 0 Å². The molecule has 0 saturated carbocycles. The molecular weight excluding hydrogens is 214 g/mol. The minimum absolute atomic E-state index is 0.248. The molecule has 4 heteroatoms. The lowest BCUT2D eigenvalue weighted by Gasteiger charge is -2.28. The van der Waals surface area contributed by atoms with Gasteiger partial charge in [-0.15, -0.1) is 0 Å². The zero-order valence-electron chi connectivity index (χ0n) is 11.7. The van der Waals surface area contributed by atoms with Crippen molar-refractivity contribution < 1.29 is 4.79 Å². The topological polar surface area (TPSA) is 35.6 Å². The standard InChI is InChI=1S/C13H27N3O/c1-11(2)8-16(13(17)10-15(3)4)9-12-6-5-7-14-12/h11-12,14H,5-10H2,1-4H3. The second-order valence-corrected chi connectivity index (χ2v) is 5.72. The van der Waals surface area contributed by atoms with Gasteiger partial charge in [0.1, 0.15) is 0 Å². The second kappa shape index (κ2) is 6.97. The maximum Gasteiger partial charge on any atom is 0.236 e. The molecule has 0 aromatic carbocycles. The van der Waals surface area contributed by atoms with E-state index in [0.717, 1.165) is 19.6 Å². The Morgan fingerprint density at radius 1 is 1.41 bits per heavy atom. The third-order valence-corrected chi connectivity index (χ3v) is 2.99. The van der Waals surface area contributed by atoms with Crippen LogP contribution in [0.4, 0.5) is 0 Å². The van der Waals surface area contributed by atoms with E-state index in [9.17, 15) is 4.79 Å². The van der Waals surface area contributed by atoms with Crippen molar-refractivity contribution in [1.29, 1.82) is 0 Å². The van der Waals surface area contributed by atoms with Crippen molar-refractivity contribution in [1.82, 2.24) is 15.1 Å². The first-order valence-corrected chi connectivity index (χ1v) is 6.65. The highest BCUT2D eigenvalue weighted by Gasteiger charge is 2.22. The Bertz CT molecular complexity index is 235. The summed E-state index contributed by atoms with van der Waals surface area (Å²) in [5.74, 6) is 0.778. The van der Waals surface area contributed by atoms with Gasteiger partial charge in [-0.05, 0) is 39.4 Å². The van der Waals surface area contributed by atoms with Crippen molar-refractivity contribution in [3.05, 3.63) is 0 Å². The molecule has 0 radical (unpaired) electrons. The Morgan fingerprint density at radius 3 is 2.59 bits per heavy atom. The summed E-state index contributed by atoms with van der Waals surface area (Å²) in [6, 6.07) is 0.500. The third kappa shape index (κ3) is 5.50. The molecule has 1 heterocycles. The molecule has 1 aliphatic rings. The van der Waals surface area contributed by atoms with E-state index in [1.807, 2.05) is 23.9 Å². The fourth-order valence-electron chi connectivity index (χ4n) is 2.27. The van der Waals surface area contributed by atoms with Gasteiger partial charge in [0.25, 0.3) is 0 Å². The fraction of sp³-hybridized carbons (Fsp3) is 0.923. The summed E-state index contributed by atoms with van der Waals surface area (Å²) in [7, 11) is 3.89. The molecule has 1 unspecified atom stereocenters. The van der Waals surface area contributed by atoms with E-state index in [4.69, 9.17) is 0 Å². The van der Waals surface area contributed by atoms with Crippen molar-refractivity contribution in [3.63, 3.8) is 0 Å². The van der Waals surface area contributed by atoms with Crippen molar-refractivity contribution in [2.45, 2.75) is 32.7 Å². The van der Waals surface area contributed by atoms with Crippen molar-refractivity contribution in [3.8, 4) is 0 Å². The SMILES string of the molecule is CC(C)CN(CC1CCCN1)C(=O)CN(C)C. The molecule has 0 bridgehead atoms.